The first-order valence-corrected chi connectivity index (χ1v) is 20.5. The zero-order valence-electron chi connectivity index (χ0n) is 30.8. The van der Waals surface area contributed by atoms with Crippen LogP contribution < -0.4 is 0 Å². The van der Waals surface area contributed by atoms with Gasteiger partial charge in [-0.15, -0.1) is 0 Å². The second-order valence-corrected chi connectivity index (χ2v) is 14.1. The Morgan fingerprint density at radius 1 is 0.432 bits per heavy atom. The average molecular weight is 619 g/mol. The Morgan fingerprint density at radius 2 is 0.750 bits per heavy atom. The minimum Gasteiger partial charge on any atom is -0.465 e. The number of esters is 1. The Bertz CT molecular complexity index is 568. The van der Waals surface area contributed by atoms with Crippen molar-refractivity contribution in [3.8, 4) is 0 Å². The molecule has 0 aliphatic heterocycles. The smallest absolute Gasteiger partial charge is 0.305 e. The summed E-state index contributed by atoms with van der Waals surface area (Å²) in [6, 6.07) is 0. The van der Waals surface area contributed by atoms with Crippen LogP contribution in [0.15, 0.2) is 12.2 Å². The highest BCUT2D eigenvalue weighted by Crippen LogP contribution is 2.21. The van der Waals surface area contributed by atoms with Crippen molar-refractivity contribution in [2.24, 2.45) is 5.92 Å². The van der Waals surface area contributed by atoms with E-state index in [0.717, 1.165) is 12.8 Å². The molecule has 0 radical (unpaired) electrons. The first-order valence-electron chi connectivity index (χ1n) is 20.5. The van der Waals surface area contributed by atoms with Gasteiger partial charge in [0.1, 0.15) is 0 Å². The number of rotatable bonds is 37. The first kappa shape index (κ1) is 43.2. The Kier molecular flexibility index (Phi) is 37.7. The predicted octanol–water partition coefficient (Wildman–Crippen LogP) is 15.0. The molecule has 0 spiro atoms. The van der Waals surface area contributed by atoms with Crippen LogP contribution in [0.25, 0.3) is 0 Å². The van der Waals surface area contributed by atoms with Gasteiger partial charge in [0.25, 0.3) is 0 Å². The number of unbranched alkanes of at least 4 members (excludes halogenated alkanes) is 27. The summed E-state index contributed by atoms with van der Waals surface area (Å²) in [5.74, 6) is 0.619. The van der Waals surface area contributed by atoms with E-state index >= 15 is 0 Å². The maximum atomic E-state index is 12.5. The van der Waals surface area contributed by atoms with E-state index in [2.05, 4.69) is 32.9 Å². The fourth-order valence-electron chi connectivity index (χ4n) is 6.42. The lowest BCUT2D eigenvalue weighted by molar-refractivity contribution is -0.145. The lowest BCUT2D eigenvalue weighted by Gasteiger charge is -2.17. The number of hydrogen-bond acceptors (Lipinski definition) is 2. The van der Waals surface area contributed by atoms with E-state index in [4.69, 9.17) is 4.74 Å². The standard InChI is InChI=1S/C42H82O2/c1-4-7-10-13-16-19-21-22-23-24-25-27-30-33-36-39-42(43)44-40-41(37-34-31-28-18-15-12-9-6-3)38-35-32-29-26-20-17-14-11-8-5-2/h22-23,41H,4-21,24-40H2,1-3H3/b23-22-. The van der Waals surface area contributed by atoms with Crippen LogP contribution in [0.5, 0.6) is 0 Å². The van der Waals surface area contributed by atoms with E-state index in [1.54, 1.807) is 0 Å². The summed E-state index contributed by atoms with van der Waals surface area (Å²) < 4.78 is 5.84. The predicted molar refractivity (Wildman–Crippen MR) is 198 cm³/mol. The Labute approximate surface area is 278 Å². The molecule has 0 bridgehead atoms. The third-order valence-electron chi connectivity index (χ3n) is 9.55. The Morgan fingerprint density at radius 3 is 1.14 bits per heavy atom. The van der Waals surface area contributed by atoms with Crippen LogP contribution in [0.4, 0.5) is 0 Å². The number of hydrogen-bond donors (Lipinski definition) is 0. The van der Waals surface area contributed by atoms with Gasteiger partial charge in [0.15, 0.2) is 0 Å². The summed E-state index contributed by atoms with van der Waals surface area (Å²) in [5.41, 5.74) is 0. The third-order valence-corrected chi connectivity index (χ3v) is 9.55. The minimum atomic E-state index is 0.0478. The largest absolute Gasteiger partial charge is 0.465 e. The van der Waals surface area contributed by atoms with Crippen LogP contribution in [0.1, 0.15) is 239 Å². The van der Waals surface area contributed by atoms with Gasteiger partial charge in [0, 0.05) is 6.42 Å². The fraction of sp³-hybridized carbons (Fsp3) is 0.929. The minimum absolute atomic E-state index is 0.0478. The molecule has 44 heavy (non-hydrogen) atoms. The van der Waals surface area contributed by atoms with Crippen LogP contribution in [0.2, 0.25) is 0 Å². The van der Waals surface area contributed by atoms with E-state index in [9.17, 15) is 4.79 Å². The maximum Gasteiger partial charge on any atom is 0.305 e. The molecular formula is C42H82O2. The van der Waals surface area contributed by atoms with Gasteiger partial charge in [-0.05, 0) is 50.9 Å². The monoisotopic (exact) mass is 619 g/mol. The molecule has 0 saturated carbocycles. The van der Waals surface area contributed by atoms with Crippen molar-refractivity contribution in [3.63, 3.8) is 0 Å². The van der Waals surface area contributed by atoms with E-state index in [0.29, 0.717) is 18.9 Å². The van der Waals surface area contributed by atoms with Crippen LogP contribution in [0.3, 0.4) is 0 Å². The quantitative estimate of drug-likeness (QED) is 0.0393. The van der Waals surface area contributed by atoms with Crippen LogP contribution >= 0.6 is 0 Å². The Hall–Kier alpha value is -0.790. The van der Waals surface area contributed by atoms with E-state index in [1.807, 2.05) is 0 Å². The zero-order chi connectivity index (χ0) is 32.0. The molecule has 1 unspecified atom stereocenters. The summed E-state index contributed by atoms with van der Waals surface area (Å²) >= 11 is 0. The van der Waals surface area contributed by atoms with Crippen molar-refractivity contribution in [1.29, 1.82) is 0 Å². The van der Waals surface area contributed by atoms with Gasteiger partial charge in [-0.1, -0.05) is 200 Å². The molecule has 2 nitrogen and oxygen atoms in total. The lowest BCUT2D eigenvalue weighted by Crippen LogP contribution is -2.14. The van der Waals surface area contributed by atoms with E-state index in [1.165, 1.54) is 199 Å². The molecule has 0 N–H and O–H groups in total. The molecule has 0 aromatic rings. The van der Waals surface area contributed by atoms with Crippen LogP contribution in [-0.4, -0.2) is 12.6 Å². The van der Waals surface area contributed by atoms with Crippen LogP contribution in [0, 0.1) is 5.92 Å². The molecule has 0 aromatic carbocycles. The highest BCUT2D eigenvalue weighted by Gasteiger charge is 2.12. The van der Waals surface area contributed by atoms with Crippen molar-refractivity contribution >= 4 is 5.97 Å². The van der Waals surface area contributed by atoms with Crippen molar-refractivity contribution in [2.45, 2.75) is 239 Å². The molecule has 262 valence electrons. The van der Waals surface area contributed by atoms with E-state index in [-0.39, 0.29) is 5.97 Å². The van der Waals surface area contributed by atoms with Gasteiger partial charge in [-0.3, -0.25) is 4.79 Å². The molecule has 0 aliphatic rings. The third kappa shape index (κ3) is 35.7. The molecule has 0 aromatic heterocycles. The highest BCUT2D eigenvalue weighted by atomic mass is 16.5. The van der Waals surface area contributed by atoms with Crippen LogP contribution in [-0.2, 0) is 9.53 Å². The van der Waals surface area contributed by atoms with Gasteiger partial charge in [0.2, 0.25) is 0 Å². The molecule has 0 rings (SSSR count). The summed E-state index contributed by atoms with van der Waals surface area (Å²) in [5, 5.41) is 0. The van der Waals surface area contributed by atoms with Gasteiger partial charge in [-0.25, -0.2) is 0 Å². The molecule has 0 amide bonds. The second-order valence-electron chi connectivity index (χ2n) is 14.1. The normalized spacial score (nSPS) is 12.3. The fourth-order valence-corrected chi connectivity index (χ4v) is 6.42. The maximum absolute atomic E-state index is 12.5. The Balaban J connectivity index is 3.96. The first-order chi connectivity index (χ1) is 21.7. The molecule has 0 aliphatic carbocycles. The number of ether oxygens (including phenoxy) is 1. The topological polar surface area (TPSA) is 26.3 Å². The SMILES string of the molecule is CCCCCCCC/C=C\CCCCCCCC(=O)OCC(CCCCCCCCCC)CCCCCCCCCCCC. The molecule has 0 fully saturated rings. The van der Waals surface area contributed by atoms with Gasteiger partial charge >= 0.3 is 5.97 Å². The summed E-state index contributed by atoms with van der Waals surface area (Å²) in [7, 11) is 0. The van der Waals surface area contributed by atoms with E-state index < -0.39 is 0 Å². The number of carbonyl (C=O) groups is 1. The number of carbonyl (C=O) groups excluding carboxylic acids is 1. The summed E-state index contributed by atoms with van der Waals surface area (Å²) in [6.45, 7) is 7.53. The van der Waals surface area contributed by atoms with Crippen molar-refractivity contribution < 1.29 is 9.53 Å². The second kappa shape index (κ2) is 38.4. The molecule has 0 heterocycles. The van der Waals surface area contributed by atoms with Crippen molar-refractivity contribution in [1.82, 2.24) is 0 Å². The molecule has 2 heteroatoms. The molecular weight excluding hydrogens is 536 g/mol. The highest BCUT2D eigenvalue weighted by molar-refractivity contribution is 5.69. The summed E-state index contributed by atoms with van der Waals surface area (Å²) in [6.07, 6.45) is 49.5. The van der Waals surface area contributed by atoms with Gasteiger partial charge in [0.05, 0.1) is 6.61 Å². The molecule has 1 atom stereocenters. The molecule has 0 saturated heterocycles. The lowest BCUT2D eigenvalue weighted by atomic mass is 9.94. The zero-order valence-corrected chi connectivity index (χ0v) is 30.8. The number of allylic oxidation sites excluding steroid dienone is 2. The van der Waals surface area contributed by atoms with Gasteiger partial charge < -0.3 is 4.74 Å². The van der Waals surface area contributed by atoms with Crippen molar-refractivity contribution in [3.05, 3.63) is 12.2 Å². The van der Waals surface area contributed by atoms with Crippen molar-refractivity contribution in [2.75, 3.05) is 6.61 Å². The summed E-state index contributed by atoms with van der Waals surface area (Å²) in [4.78, 5) is 12.5. The van der Waals surface area contributed by atoms with Gasteiger partial charge in [-0.2, -0.15) is 0 Å². The average Bonchev–Trinajstić information content (AvgIpc) is 3.03.